The zero-order valence-electron chi connectivity index (χ0n) is 11.6. The maximum Gasteiger partial charge on any atom is 0.236 e. The summed E-state index contributed by atoms with van der Waals surface area (Å²) in [5.74, 6) is 0.766. The molecule has 106 valence electrons. The van der Waals surface area contributed by atoms with Gasteiger partial charge in [-0.25, -0.2) is 0 Å². The summed E-state index contributed by atoms with van der Waals surface area (Å²) in [4.78, 5) is 25.0. The minimum absolute atomic E-state index is 0.0676. The van der Waals surface area contributed by atoms with Gasteiger partial charge >= 0.3 is 0 Å². The molecule has 0 radical (unpaired) electrons. The van der Waals surface area contributed by atoms with Gasteiger partial charge in [0.1, 0.15) is 0 Å². The van der Waals surface area contributed by atoms with Gasteiger partial charge in [0.25, 0.3) is 0 Å². The van der Waals surface area contributed by atoms with Crippen LogP contribution in [0.25, 0.3) is 0 Å². The van der Waals surface area contributed by atoms with E-state index >= 15 is 0 Å². The molecular formula is C12H25N3O2S. The van der Waals surface area contributed by atoms with Gasteiger partial charge in [0.2, 0.25) is 11.8 Å². The quantitative estimate of drug-likeness (QED) is 0.640. The maximum atomic E-state index is 11.7. The van der Waals surface area contributed by atoms with E-state index in [1.807, 2.05) is 20.1 Å². The normalized spacial score (nSPS) is 12.0. The van der Waals surface area contributed by atoms with E-state index < -0.39 is 6.04 Å². The average Bonchev–Trinajstić information content (AvgIpc) is 2.37. The highest BCUT2D eigenvalue weighted by molar-refractivity contribution is 7.98. The van der Waals surface area contributed by atoms with Crippen molar-refractivity contribution in [2.45, 2.75) is 32.7 Å². The largest absolute Gasteiger partial charge is 0.354 e. The van der Waals surface area contributed by atoms with Crippen molar-refractivity contribution >= 4 is 23.6 Å². The molecule has 0 aromatic rings. The third kappa shape index (κ3) is 6.86. The minimum atomic E-state index is -0.471. The van der Waals surface area contributed by atoms with Crippen LogP contribution in [0.2, 0.25) is 0 Å². The van der Waals surface area contributed by atoms with Crippen molar-refractivity contribution in [1.29, 1.82) is 0 Å². The summed E-state index contributed by atoms with van der Waals surface area (Å²) in [6.45, 7) is 5.66. The van der Waals surface area contributed by atoms with Crippen LogP contribution in [0.15, 0.2) is 0 Å². The lowest BCUT2D eigenvalue weighted by atomic mass is 10.2. The van der Waals surface area contributed by atoms with Crippen LogP contribution in [0.4, 0.5) is 0 Å². The van der Waals surface area contributed by atoms with E-state index in [9.17, 15) is 9.59 Å². The molecule has 0 aliphatic heterocycles. The molecule has 0 spiro atoms. The molecule has 0 saturated heterocycles. The molecule has 2 amide bonds. The predicted octanol–water partition coefficient (Wildman–Crippen LogP) is 0.442. The van der Waals surface area contributed by atoms with Crippen LogP contribution >= 0.6 is 11.8 Å². The molecule has 0 aliphatic rings. The highest BCUT2D eigenvalue weighted by Gasteiger charge is 2.14. The van der Waals surface area contributed by atoms with Gasteiger partial charge in [0.15, 0.2) is 0 Å². The number of hydrogen-bond donors (Lipinski definition) is 2. The van der Waals surface area contributed by atoms with Gasteiger partial charge in [0.05, 0.1) is 6.04 Å². The van der Waals surface area contributed by atoms with Gasteiger partial charge in [-0.05, 0) is 32.3 Å². The van der Waals surface area contributed by atoms with Crippen LogP contribution in [-0.2, 0) is 9.59 Å². The molecule has 0 unspecified atom stereocenters. The Kier molecular flexibility index (Phi) is 9.77. The average molecular weight is 275 g/mol. The summed E-state index contributed by atoms with van der Waals surface area (Å²) in [6.07, 6.45) is 2.98. The van der Waals surface area contributed by atoms with Gasteiger partial charge in [-0.3, -0.25) is 9.59 Å². The first-order valence-corrected chi connectivity index (χ1v) is 7.76. The first-order valence-electron chi connectivity index (χ1n) is 6.36. The second-order valence-corrected chi connectivity index (χ2v) is 4.98. The van der Waals surface area contributed by atoms with Gasteiger partial charge in [-0.2, -0.15) is 11.8 Å². The number of amides is 2. The number of carbonyl (C=O) groups is 2. The van der Waals surface area contributed by atoms with Crippen LogP contribution in [0, 0.1) is 0 Å². The Hall–Kier alpha value is -0.750. The smallest absolute Gasteiger partial charge is 0.236 e. The number of nitrogens with one attached hydrogen (secondary N) is 1. The van der Waals surface area contributed by atoms with E-state index in [1.165, 1.54) is 0 Å². The van der Waals surface area contributed by atoms with Crippen molar-refractivity contribution < 1.29 is 9.59 Å². The van der Waals surface area contributed by atoms with Crippen LogP contribution in [0.5, 0.6) is 0 Å². The Bertz CT molecular complexity index is 258. The highest BCUT2D eigenvalue weighted by Crippen LogP contribution is 1.99. The Morgan fingerprint density at radius 3 is 2.44 bits per heavy atom. The van der Waals surface area contributed by atoms with Crippen molar-refractivity contribution in [3.63, 3.8) is 0 Å². The summed E-state index contributed by atoms with van der Waals surface area (Å²) in [6, 6.07) is -0.471. The molecule has 0 bridgehead atoms. The van der Waals surface area contributed by atoms with Gasteiger partial charge < -0.3 is 16.0 Å². The van der Waals surface area contributed by atoms with Crippen molar-refractivity contribution in [2.75, 3.05) is 31.6 Å². The summed E-state index contributed by atoms with van der Waals surface area (Å²) >= 11 is 1.67. The predicted molar refractivity (Wildman–Crippen MR) is 76.5 cm³/mol. The first kappa shape index (κ1) is 17.2. The SMILES string of the molecule is CCN(CC)C(=O)CCNC(=O)[C@@H](N)CCSC. The third-order valence-electron chi connectivity index (χ3n) is 2.72. The van der Waals surface area contributed by atoms with Crippen molar-refractivity contribution in [3.8, 4) is 0 Å². The van der Waals surface area contributed by atoms with Crippen molar-refractivity contribution in [1.82, 2.24) is 10.2 Å². The molecule has 0 saturated carbocycles. The number of nitrogens with two attached hydrogens (primary N) is 1. The lowest BCUT2D eigenvalue weighted by molar-refractivity contribution is -0.130. The zero-order valence-corrected chi connectivity index (χ0v) is 12.4. The molecule has 0 aromatic heterocycles. The zero-order chi connectivity index (χ0) is 14.0. The Morgan fingerprint density at radius 2 is 1.94 bits per heavy atom. The molecule has 0 heterocycles. The molecule has 5 nitrogen and oxygen atoms in total. The van der Waals surface area contributed by atoms with Crippen molar-refractivity contribution in [3.05, 3.63) is 0 Å². The summed E-state index contributed by atoms with van der Waals surface area (Å²) in [5.41, 5.74) is 5.71. The second kappa shape index (κ2) is 10.2. The number of rotatable bonds is 9. The fourth-order valence-electron chi connectivity index (χ4n) is 1.53. The molecule has 0 aromatic carbocycles. The molecule has 1 atom stereocenters. The molecular weight excluding hydrogens is 250 g/mol. The number of carbonyl (C=O) groups excluding carboxylic acids is 2. The van der Waals surface area contributed by atoms with Crippen molar-refractivity contribution in [2.24, 2.45) is 5.73 Å². The van der Waals surface area contributed by atoms with Gasteiger partial charge in [-0.15, -0.1) is 0 Å². The van der Waals surface area contributed by atoms with E-state index in [0.717, 1.165) is 5.75 Å². The molecule has 18 heavy (non-hydrogen) atoms. The van der Waals surface area contributed by atoms with E-state index in [1.54, 1.807) is 16.7 Å². The molecule has 3 N–H and O–H groups in total. The number of nitrogens with zero attached hydrogens (tertiary/aromatic N) is 1. The Labute approximate surface area is 114 Å². The summed E-state index contributed by atoms with van der Waals surface area (Å²) in [7, 11) is 0. The van der Waals surface area contributed by atoms with E-state index in [0.29, 0.717) is 32.5 Å². The lowest BCUT2D eigenvalue weighted by Gasteiger charge is -2.19. The standard InChI is InChI=1S/C12H25N3O2S/c1-4-15(5-2)11(16)6-8-14-12(17)10(13)7-9-18-3/h10H,4-9,13H2,1-3H3,(H,14,17)/t10-/m0/s1. The van der Waals surface area contributed by atoms with Crippen LogP contribution in [0.3, 0.4) is 0 Å². The molecule has 6 heteroatoms. The van der Waals surface area contributed by atoms with Crippen LogP contribution in [-0.4, -0.2) is 54.4 Å². The topological polar surface area (TPSA) is 75.4 Å². The first-order chi connectivity index (χ1) is 8.56. The number of thioether (sulfide) groups is 1. The number of hydrogen-bond acceptors (Lipinski definition) is 4. The molecule has 0 aliphatic carbocycles. The fourth-order valence-corrected chi connectivity index (χ4v) is 2.02. The van der Waals surface area contributed by atoms with E-state index in [4.69, 9.17) is 5.73 Å². The Morgan fingerprint density at radius 1 is 1.33 bits per heavy atom. The van der Waals surface area contributed by atoms with Gasteiger partial charge in [-0.1, -0.05) is 0 Å². The van der Waals surface area contributed by atoms with Gasteiger partial charge in [0, 0.05) is 26.1 Å². The fraction of sp³-hybridized carbons (Fsp3) is 0.833. The van der Waals surface area contributed by atoms with E-state index in [2.05, 4.69) is 5.32 Å². The Balaban J connectivity index is 3.83. The third-order valence-corrected chi connectivity index (χ3v) is 3.37. The molecule has 0 fully saturated rings. The van der Waals surface area contributed by atoms with Crippen LogP contribution < -0.4 is 11.1 Å². The lowest BCUT2D eigenvalue weighted by Crippen LogP contribution is -2.42. The van der Waals surface area contributed by atoms with E-state index in [-0.39, 0.29) is 11.8 Å². The van der Waals surface area contributed by atoms with Crippen LogP contribution in [0.1, 0.15) is 26.7 Å². The second-order valence-electron chi connectivity index (χ2n) is 4.00. The molecule has 0 rings (SSSR count). The maximum absolute atomic E-state index is 11.7. The minimum Gasteiger partial charge on any atom is -0.354 e. The highest BCUT2D eigenvalue weighted by atomic mass is 32.2. The summed E-state index contributed by atoms with van der Waals surface area (Å²) in [5, 5.41) is 2.70. The summed E-state index contributed by atoms with van der Waals surface area (Å²) < 4.78 is 0. The monoisotopic (exact) mass is 275 g/mol.